The number of nitrogens with zero attached hydrogens (tertiary/aromatic N) is 3. The number of fused-ring (bicyclic) bond motifs is 2. The first-order valence-electron chi connectivity index (χ1n) is 11.7. The second-order valence-corrected chi connectivity index (χ2v) is 8.55. The smallest absolute Gasteiger partial charge is 0.275 e. The molecule has 2 heterocycles. The van der Waals surface area contributed by atoms with Gasteiger partial charge >= 0.3 is 0 Å². The number of aryl methyl sites for hydroxylation is 1. The highest BCUT2D eigenvalue weighted by molar-refractivity contribution is 5.99. The van der Waals surface area contributed by atoms with Crippen LogP contribution in [0.3, 0.4) is 0 Å². The molecule has 34 heavy (non-hydrogen) atoms. The molecular formula is C26H28N4O4. The Kier molecular flexibility index (Phi) is 5.96. The molecule has 2 aliphatic rings. The topological polar surface area (TPSA) is 85.7 Å². The SMILES string of the molecule is CCN(CC(=O)Nc1ccc2c(c1)OCCO2)C(=O)c1nn(-c2ccccc2C)c2c1CCC2. The van der Waals surface area contributed by atoms with E-state index >= 15 is 0 Å². The van der Waals surface area contributed by atoms with E-state index in [1.54, 1.807) is 18.2 Å². The summed E-state index contributed by atoms with van der Waals surface area (Å²) in [5.74, 6) is 0.768. The van der Waals surface area contributed by atoms with E-state index in [-0.39, 0.29) is 18.4 Å². The Balaban J connectivity index is 1.34. The first-order chi connectivity index (χ1) is 16.5. The summed E-state index contributed by atoms with van der Waals surface area (Å²) in [6.45, 7) is 5.24. The number of para-hydroxylation sites is 1. The molecule has 0 fully saturated rings. The molecule has 0 atom stereocenters. The number of ether oxygens (including phenoxy) is 2. The van der Waals surface area contributed by atoms with Crippen LogP contribution in [0.1, 0.15) is 40.7 Å². The molecule has 8 nitrogen and oxygen atoms in total. The van der Waals surface area contributed by atoms with Crippen LogP contribution in [0.15, 0.2) is 42.5 Å². The molecule has 1 aliphatic heterocycles. The number of rotatable bonds is 6. The van der Waals surface area contributed by atoms with Crippen molar-refractivity contribution in [2.75, 3.05) is 31.6 Å². The fraction of sp³-hybridized carbons (Fsp3) is 0.346. The van der Waals surface area contributed by atoms with Gasteiger partial charge in [-0.1, -0.05) is 18.2 Å². The highest BCUT2D eigenvalue weighted by atomic mass is 16.6. The van der Waals surface area contributed by atoms with Gasteiger partial charge in [0.25, 0.3) is 5.91 Å². The van der Waals surface area contributed by atoms with Crippen LogP contribution in [-0.4, -0.2) is 52.8 Å². The van der Waals surface area contributed by atoms with Gasteiger partial charge < -0.3 is 19.7 Å². The minimum absolute atomic E-state index is 0.0597. The summed E-state index contributed by atoms with van der Waals surface area (Å²) < 4.78 is 13.0. The van der Waals surface area contributed by atoms with Crippen LogP contribution in [0.4, 0.5) is 5.69 Å². The standard InChI is InChI=1S/C26H28N4O4/c1-3-29(16-24(31)27-18-11-12-22-23(15-18)34-14-13-33-22)26(32)25-19-8-6-10-21(19)30(28-25)20-9-5-4-7-17(20)2/h4-5,7,9,11-12,15H,3,6,8,10,13-14,16H2,1-2H3,(H,27,31). The first-order valence-corrected chi connectivity index (χ1v) is 11.7. The van der Waals surface area contributed by atoms with Gasteiger partial charge in [0.05, 0.1) is 5.69 Å². The van der Waals surface area contributed by atoms with Gasteiger partial charge in [-0.05, 0) is 56.9 Å². The number of nitrogens with one attached hydrogen (secondary N) is 1. The van der Waals surface area contributed by atoms with Crippen LogP contribution < -0.4 is 14.8 Å². The predicted octanol–water partition coefficient (Wildman–Crippen LogP) is 3.54. The van der Waals surface area contributed by atoms with E-state index in [0.717, 1.165) is 41.8 Å². The molecule has 0 saturated carbocycles. The molecule has 3 aromatic rings. The second kappa shape index (κ2) is 9.21. The Bertz CT molecular complexity index is 1250. The minimum Gasteiger partial charge on any atom is -0.486 e. The molecule has 2 amide bonds. The van der Waals surface area contributed by atoms with E-state index in [1.807, 2.05) is 42.8 Å². The zero-order valence-corrected chi connectivity index (χ0v) is 19.5. The average Bonchev–Trinajstić information content (AvgIpc) is 3.46. The maximum absolute atomic E-state index is 13.5. The summed E-state index contributed by atoms with van der Waals surface area (Å²) in [6.07, 6.45) is 2.71. The molecule has 0 radical (unpaired) electrons. The van der Waals surface area contributed by atoms with E-state index in [9.17, 15) is 9.59 Å². The Morgan fingerprint density at radius 3 is 2.68 bits per heavy atom. The number of likely N-dealkylation sites (N-methyl/N-ethyl adjacent to an activating group) is 1. The maximum atomic E-state index is 13.5. The van der Waals surface area contributed by atoms with E-state index < -0.39 is 0 Å². The molecule has 5 rings (SSSR count). The third-order valence-corrected chi connectivity index (χ3v) is 6.31. The molecule has 0 saturated heterocycles. The number of anilines is 1. The Hall–Kier alpha value is -3.81. The zero-order valence-electron chi connectivity index (χ0n) is 19.5. The number of carbonyl (C=O) groups excluding carboxylic acids is 2. The third kappa shape index (κ3) is 4.11. The van der Waals surface area contributed by atoms with Crippen LogP contribution in [0.25, 0.3) is 5.69 Å². The normalized spacial score (nSPS) is 13.9. The molecule has 0 spiro atoms. The summed E-state index contributed by atoms with van der Waals surface area (Å²) in [5, 5.41) is 7.59. The van der Waals surface area contributed by atoms with Crippen molar-refractivity contribution < 1.29 is 19.1 Å². The highest BCUT2D eigenvalue weighted by Gasteiger charge is 2.30. The molecule has 0 unspecified atom stereocenters. The van der Waals surface area contributed by atoms with Gasteiger partial charge in [-0.2, -0.15) is 5.10 Å². The lowest BCUT2D eigenvalue weighted by atomic mass is 10.1. The quantitative estimate of drug-likeness (QED) is 0.608. The number of benzene rings is 2. The summed E-state index contributed by atoms with van der Waals surface area (Å²) in [4.78, 5) is 27.8. The summed E-state index contributed by atoms with van der Waals surface area (Å²) in [7, 11) is 0. The molecule has 0 bridgehead atoms. The van der Waals surface area contributed by atoms with Gasteiger partial charge in [0.2, 0.25) is 5.91 Å². The van der Waals surface area contributed by atoms with Crippen LogP contribution in [-0.2, 0) is 17.6 Å². The van der Waals surface area contributed by atoms with Crippen molar-refractivity contribution in [2.45, 2.75) is 33.1 Å². The number of hydrogen-bond acceptors (Lipinski definition) is 5. The lowest BCUT2D eigenvalue weighted by molar-refractivity contribution is -0.116. The molecule has 1 aromatic heterocycles. The lowest BCUT2D eigenvalue weighted by Gasteiger charge is -2.21. The molecule has 1 N–H and O–H groups in total. The summed E-state index contributed by atoms with van der Waals surface area (Å²) in [6, 6.07) is 13.3. The molecule has 1 aliphatic carbocycles. The van der Waals surface area contributed by atoms with Crippen LogP contribution >= 0.6 is 0 Å². The van der Waals surface area contributed by atoms with Gasteiger partial charge in [0, 0.05) is 29.6 Å². The fourth-order valence-corrected chi connectivity index (χ4v) is 4.58. The van der Waals surface area contributed by atoms with Gasteiger partial charge in [-0.3, -0.25) is 9.59 Å². The highest BCUT2D eigenvalue weighted by Crippen LogP contribution is 2.33. The Morgan fingerprint density at radius 2 is 1.88 bits per heavy atom. The van der Waals surface area contributed by atoms with Gasteiger partial charge in [0.1, 0.15) is 19.8 Å². The Morgan fingerprint density at radius 1 is 1.09 bits per heavy atom. The van der Waals surface area contributed by atoms with Gasteiger partial charge in [0.15, 0.2) is 17.2 Å². The van der Waals surface area contributed by atoms with Gasteiger partial charge in [-0.15, -0.1) is 0 Å². The maximum Gasteiger partial charge on any atom is 0.275 e. The molecular weight excluding hydrogens is 432 g/mol. The molecule has 8 heteroatoms. The van der Waals surface area contributed by atoms with E-state index in [1.165, 1.54) is 4.90 Å². The van der Waals surface area contributed by atoms with Crippen molar-refractivity contribution in [3.8, 4) is 17.2 Å². The van der Waals surface area contributed by atoms with Crippen molar-refractivity contribution in [1.29, 1.82) is 0 Å². The van der Waals surface area contributed by atoms with Gasteiger partial charge in [-0.25, -0.2) is 4.68 Å². The number of carbonyl (C=O) groups is 2. The van der Waals surface area contributed by atoms with E-state index in [2.05, 4.69) is 5.32 Å². The molecule has 2 aromatic carbocycles. The summed E-state index contributed by atoms with van der Waals surface area (Å²) in [5.41, 5.74) is 5.23. The van der Waals surface area contributed by atoms with Crippen LogP contribution in [0, 0.1) is 6.92 Å². The number of hydrogen-bond donors (Lipinski definition) is 1. The fourth-order valence-electron chi connectivity index (χ4n) is 4.58. The van der Waals surface area contributed by atoms with Crippen LogP contribution in [0.5, 0.6) is 11.5 Å². The van der Waals surface area contributed by atoms with Crippen molar-refractivity contribution in [3.63, 3.8) is 0 Å². The van der Waals surface area contributed by atoms with Crippen molar-refractivity contribution in [2.24, 2.45) is 0 Å². The molecule has 176 valence electrons. The first kappa shape index (κ1) is 22.0. The van der Waals surface area contributed by atoms with Crippen molar-refractivity contribution >= 4 is 17.5 Å². The zero-order chi connectivity index (χ0) is 23.7. The van der Waals surface area contributed by atoms with Crippen LogP contribution in [0.2, 0.25) is 0 Å². The monoisotopic (exact) mass is 460 g/mol. The third-order valence-electron chi connectivity index (χ3n) is 6.31. The Labute approximate surface area is 198 Å². The minimum atomic E-state index is -0.276. The number of amides is 2. The van der Waals surface area contributed by atoms with Crippen molar-refractivity contribution in [3.05, 3.63) is 65.0 Å². The predicted molar refractivity (Wildman–Crippen MR) is 128 cm³/mol. The van der Waals surface area contributed by atoms with Crippen molar-refractivity contribution in [1.82, 2.24) is 14.7 Å². The second-order valence-electron chi connectivity index (χ2n) is 8.55. The summed E-state index contributed by atoms with van der Waals surface area (Å²) >= 11 is 0. The largest absolute Gasteiger partial charge is 0.486 e. The average molecular weight is 461 g/mol. The van der Waals surface area contributed by atoms with E-state index in [0.29, 0.717) is 42.6 Å². The number of aromatic nitrogens is 2. The lowest BCUT2D eigenvalue weighted by Crippen LogP contribution is -2.38. The van der Waals surface area contributed by atoms with E-state index in [4.69, 9.17) is 14.6 Å².